The van der Waals surface area contributed by atoms with Gasteiger partial charge in [0.15, 0.2) is 10.9 Å². The van der Waals surface area contributed by atoms with E-state index >= 15 is 0 Å². The lowest BCUT2D eigenvalue weighted by atomic mass is 9.93. The highest BCUT2D eigenvalue weighted by molar-refractivity contribution is 7.80. The second-order valence-corrected chi connectivity index (χ2v) is 7.93. The Balaban J connectivity index is 1.81. The van der Waals surface area contributed by atoms with Gasteiger partial charge in [0.05, 0.1) is 23.6 Å². The molecule has 1 aromatic heterocycles. The van der Waals surface area contributed by atoms with Crippen molar-refractivity contribution in [1.29, 1.82) is 0 Å². The van der Waals surface area contributed by atoms with Crippen LogP contribution in [0.15, 0.2) is 70.4 Å². The third kappa shape index (κ3) is 4.46. The van der Waals surface area contributed by atoms with Crippen molar-refractivity contribution >= 4 is 40.4 Å². The summed E-state index contributed by atoms with van der Waals surface area (Å²) in [5.41, 5.74) is 2.03. The van der Waals surface area contributed by atoms with Gasteiger partial charge in [-0.3, -0.25) is 19.8 Å². The maximum Gasteiger partial charge on any atom is 0.269 e. The SMILES string of the molecule is COc1ccc(N2C(=S)N[C@H](c3cccc([N+](=O)[O-])c3)C(C(=O)Nc3cc(C)on3)=C2C)cc1. The van der Waals surface area contributed by atoms with Crippen LogP contribution in [0.25, 0.3) is 0 Å². The van der Waals surface area contributed by atoms with Crippen LogP contribution in [0.2, 0.25) is 0 Å². The van der Waals surface area contributed by atoms with Crippen LogP contribution in [0, 0.1) is 17.0 Å². The zero-order valence-electron chi connectivity index (χ0n) is 18.6. The van der Waals surface area contributed by atoms with Gasteiger partial charge in [-0.15, -0.1) is 0 Å². The Hall–Kier alpha value is -4.25. The predicted octanol–water partition coefficient (Wildman–Crippen LogP) is 4.25. The number of nitrogens with zero attached hydrogens (tertiary/aromatic N) is 3. The van der Waals surface area contributed by atoms with Gasteiger partial charge in [0.1, 0.15) is 11.5 Å². The molecule has 34 heavy (non-hydrogen) atoms. The smallest absolute Gasteiger partial charge is 0.269 e. The number of ether oxygens (including phenoxy) is 1. The van der Waals surface area contributed by atoms with Crippen LogP contribution in [0.5, 0.6) is 5.75 Å². The number of amides is 1. The standard InChI is InChI=1S/C23H21N5O5S/c1-13-11-19(26-33-13)24-22(29)20-14(2)27(16-7-9-18(32-3)10-8-16)23(34)25-21(20)15-5-4-6-17(12-15)28(30)31/h4-12,21H,1-3H3,(H,25,34)(H,24,26,29)/t21-/m1/s1. The van der Waals surface area contributed by atoms with E-state index in [-0.39, 0.29) is 11.5 Å². The fourth-order valence-electron chi connectivity index (χ4n) is 3.76. The van der Waals surface area contributed by atoms with E-state index in [1.807, 2.05) is 12.1 Å². The fraction of sp³-hybridized carbons (Fsp3) is 0.174. The summed E-state index contributed by atoms with van der Waals surface area (Å²) in [6, 6.07) is 14.2. The minimum absolute atomic E-state index is 0.0904. The molecule has 2 aromatic carbocycles. The van der Waals surface area contributed by atoms with Crippen molar-refractivity contribution in [2.45, 2.75) is 19.9 Å². The number of benzene rings is 2. The molecule has 1 atom stereocenters. The van der Waals surface area contributed by atoms with Gasteiger partial charge in [-0.05, 0) is 55.9 Å². The number of nitro groups is 1. The molecule has 0 unspecified atom stereocenters. The quantitative estimate of drug-likeness (QED) is 0.303. The molecule has 11 heteroatoms. The summed E-state index contributed by atoms with van der Waals surface area (Å²) < 4.78 is 10.3. The van der Waals surface area contributed by atoms with Gasteiger partial charge in [-0.2, -0.15) is 0 Å². The van der Waals surface area contributed by atoms with Gasteiger partial charge in [-0.1, -0.05) is 17.3 Å². The normalized spacial score (nSPS) is 15.7. The van der Waals surface area contributed by atoms with Gasteiger partial charge >= 0.3 is 0 Å². The van der Waals surface area contributed by atoms with Crippen LogP contribution in [-0.2, 0) is 4.79 Å². The third-order valence-corrected chi connectivity index (χ3v) is 5.64. The molecule has 1 aliphatic rings. The Morgan fingerprint density at radius 1 is 1.24 bits per heavy atom. The number of aromatic nitrogens is 1. The highest BCUT2D eigenvalue weighted by atomic mass is 32.1. The Labute approximate surface area is 200 Å². The minimum atomic E-state index is -0.727. The molecule has 2 heterocycles. The van der Waals surface area contributed by atoms with E-state index < -0.39 is 16.9 Å². The molecule has 1 amide bonds. The van der Waals surface area contributed by atoms with Crippen LogP contribution in [0.3, 0.4) is 0 Å². The van der Waals surface area contributed by atoms with Crippen LogP contribution in [-0.4, -0.2) is 28.2 Å². The summed E-state index contributed by atoms with van der Waals surface area (Å²) in [7, 11) is 1.57. The van der Waals surface area contributed by atoms with Crippen molar-refractivity contribution in [3.8, 4) is 5.75 Å². The van der Waals surface area contributed by atoms with Gasteiger partial charge in [-0.25, -0.2) is 0 Å². The molecule has 0 saturated heterocycles. The summed E-state index contributed by atoms with van der Waals surface area (Å²) in [6.07, 6.45) is 0. The summed E-state index contributed by atoms with van der Waals surface area (Å²) in [4.78, 5) is 26.0. The first-order chi connectivity index (χ1) is 16.3. The molecule has 0 spiro atoms. The first kappa shape index (κ1) is 22.9. The molecule has 0 aliphatic carbocycles. The average Bonchev–Trinajstić information content (AvgIpc) is 3.23. The average molecular weight is 480 g/mol. The molecule has 1 aliphatic heterocycles. The lowest BCUT2D eigenvalue weighted by molar-refractivity contribution is -0.384. The summed E-state index contributed by atoms with van der Waals surface area (Å²) in [5, 5.41) is 21.4. The van der Waals surface area contributed by atoms with E-state index in [0.29, 0.717) is 33.5 Å². The lowest BCUT2D eigenvalue weighted by Crippen LogP contribution is -2.48. The van der Waals surface area contributed by atoms with Crippen LogP contribution in [0.4, 0.5) is 17.2 Å². The van der Waals surface area contributed by atoms with E-state index in [2.05, 4.69) is 15.8 Å². The monoisotopic (exact) mass is 479 g/mol. The number of anilines is 2. The topological polar surface area (TPSA) is 123 Å². The van der Waals surface area contributed by atoms with Gasteiger partial charge < -0.3 is 19.9 Å². The number of carbonyl (C=O) groups is 1. The molecular weight excluding hydrogens is 458 g/mol. The number of thiocarbonyl (C=S) groups is 1. The first-order valence-electron chi connectivity index (χ1n) is 10.2. The zero-order chi connectivity index (χ0) is 24.4. The number of rotatable bonds is 6. The van der Waals surface area contributed by atoms with Crippen molar-refractivity contribution < 1.29 is 19.0 Å². The molecule has 0 fully saturated rings. The molecule has 10 nitrogen and oxygen atoms in total. The predicted molar refractivity (Wildman–Crippen MR) is 130 cm³/mol. The number of nitrogens with one attached hydrogen (secondary N) is 2. The number of nitro benzene ring substituents is 1. The Morgan fingerprint density at radius 2 is 1.97 bits per heavy atom. The Morgan fingerprint density at radius 3 is 2.59 bits per heavy atom. The van der Waals surface area contributed by atoms with Crippen LogP contribution < -0.4 is 20.3 Å². The summed E-state index contributed by atoms with van der Waals surface area (Å²) in [6.45, 7) is 3.48. The molecule has 174 valence electrons. The number of carbonyl (C=O) groups excluding carboxylic acids is 1. The van der Waals surface area contributed by atoms with Crippen molar-refractivity contribution in [3.63, 3.8) is 0 Å². The Kier molecular flexibility index (Phi) is 6.28. The number of hydrogen-bond acceptors (Lipinski definition) is 7. The highest BCUT2D eigenvalue weighted by Gasteiger charge is 2.35. The molecule has 0 saturated carbocycles. The third-order valence-electron chi connectivity index (χ3n) is 5.34. The number of allylic oxidation sites excluding steroid dienone is 1. The van der Waals surface area contributed by atoms with E-state index in [4.69, 9.17) is 21.5 Å². The van der Waals surface area contributed by atoms with Gasteiger partial charge in [0, 0.05) is 29.6 Å². The van der Waals surface area contributed by atoms with Gasteiger partial charge in [0.25, 0.3) is 11.6 Å². The number of aryl methyl sites for hydroxylation is 1. The largest absolute Gasteiger partial charge is 0.497 e. The Bertz CT molecular complexity index is 1300. The van der Waals surface area contributed by atoms with E-state index in [1.54, 1.807) is 56.2 Å². The molecule has 3 aromatic rings. The minimum Gasteiger partial charge on any atom is -0.497 e. The van der Waals surface area contributed by atoms with E-state index in [0.717, 1.165) is 5.69 Å². The summed E-state index contributed by atoms with van der Waals surface area (Å²) in [5.74, 6) is 1.02. The maximum atomic E-state index is 13.5. The van der Waals surface area contributed by atoms with Crippen molar-refractivity contribution in [2.24, 2.45) is 0 Å². The van der Waals surface area contributed by atoms with Crippen LogP contribution in [0.1, 0.15) is 24.3 Å². The molecule has 2 N–H and O–H groups in total. The second-order valence-electron chi connectivity index (χ2n) is 7.54. The van der Waals surface area contributed by atoms with Gasteiger partial charge in [0.2, 0.25) is 0 Å². The zero-order valence-corrected chi connectivity index (χ0v) is 19.4. The van der Waals surface area contributed by atoms with E-state index in [1.165, 1.54) is 12.1 Å². The van der Waals surface area contributed by atoms with Crippen molar-refractivity contribution in [1.82, 2.24) is 10.5 Å². The first-order valence-corrected chi connectivity index (χ1v) is 10.6. The molecule has 0 bridgehead atoms. The number of non-ortho nitro benzene ring substituents is 1. The molecule has 0 radical (unpaired) electrons. The lowest BCUT2D eigenvalue weighted by Gasteiger charge is -2.37. The number of hydrogen-bond donors (Lipinski definition) is 2. The van der Waals surface area contributed by atoms with Crippen molar-refractivity contribution in [3.05, 3.63) is 87.3 Å². The maximum absolute atomic E-state index is 13.5. The summed E-state index contributed by atoms with van der Waals surface area (Å²) >= 11 is 5.64. The van der Waals surface area contributed by atoms with E-state index in [9.17, 15) is 14.9 Å². The van der Waals surface area contributed by atoms with Crippen LogP contribution >= 0.6 is 12.2 Å². The molecular formula is C23H21N5O5S. The number of methoxy groups -OCH3 is 1. The molecule has 4 rings (SSSR count). The highest BCUT2D eigenvalue weighted by Crippen LogP contribution is 2.35. The fourth-order valence-corrected chi connectivity index (χ4v) is 4.12. The second kappa shape index (κ2) is 9.32. The van der Waals surface area contributed by atoms with Crippen molar-refractivity contribution in [2.75, 3.05) is 17.3 Å².